The Bertz CT molecular complexity index is 5240. The van der Waals surface area contributed by atoms with Gasteiger partial charge < -0.3 is 14.2 Å². The van der Waals surface area contributed by atoms with Crippen LogP contribution in [0.1, 0.15) is 324 Å². The van der Waals surface area contributed by atoms with Crippen molar-refractivity contribution in [2.45, 2.75) is 272 Å². The molecule has 0 aromatic heterocycles. The summed E-state index contributed by atoms with van der Waals surface area (Å²) in [6, 6.07) is 86.4. The molecule has 2 aliphatic rings. The lowest BCUT2D eigenvalue weighted by atomic mass is 9.78. The molecule has 0 N–H and O–H groups in total. The lowest BCUT2D eigenvalue weighted by Gasteiger charge is -2.29. The number of ketones is 4. The minimum Gasteiger partial charge on any atom is -0.497 e. The second-order valence-electron chi connectivity index (χ2n) is 42.7. The molecule has 9 nitrogen and oxygen atoms in total. The lowest BCUT2D eigenvalue weighted by Crippen LogP contribution is -2.44. The Morgan fingerprint density at radius 2 is 0.547 bits per heavy atom. The molecular formula is C122H164F6O9S2. The van der Waals surface area contributed by atoms with Crippen LogP contribution in [0.5, 0.6) is 11.5 Å². The highest BCUT2D eigenvalue weighted by Gasteiger charge is 2.64. The third-order valence-electron chi connectivity index (χ3n) is 21.7. The number of hydrogen-bond donors (Lipinski definition) is 0. The van der Waals surface area contributed by atoms with Crippen molar-refractivity contribution in [3.05, 3.63) is 367 Å². The van der Waals surface area contributed by atoms with Gasteiger partial charge in [-0.05, 0) is 174 Å². The van der Waals surface area contributed by atoms with Gasteiger partial charge in [0.1, 0.15) is 21.3 Å². The predicted octanol–water partition coefficient (Wildman–Crippen LogP) is 34.3. The maximum Gasteiger partial charge on any atom is 0.402 e. The van der Waals surface area contributed by atoms with Gasteiger partial charge in [0.25, 0.3) is 0 Å². The van der Waals surface area contributed by atoms with E-state index in [0.29, 0.717) is 55.3 Å². The maximum absolute atomic E-state index is 12.6. The van der Waals surface area contributed by atoms with Crippen LogP contribution in [0, 0.1) is 43.9 Å². The average Bonchev–Trinajstić information content (AvgIpc) is 1.59. The van der Waals surface area contributed by atoms with Gasteiger partial charge in [-0.2, -0.15) is 38.1 Å². The quantitative estimate of drug-likeness (QED) is 0.0963. The number of fused-ring (bicyclic) bond motifs is 3. The molecule has 2 aliphatic carbocycles. The van der Waals surface area contributed by atoms with E-state index in [1.165, 1.54) is 83.0 Å². The highest BCUT2D eigenvalue weighted by atomic mass is 32.2. The molecular weight excluding hydrogens is 1790 g/mol. The lowest BCUT2D eigenvalue weighted by molar-refractivity contribution is -0.327. The van der Waals surface area contributed by atoms with Crippen molar-refractivity contribution < 1.29 is 68.1 Å². The number of hydrogen-bond acceptors (Lipinski definition) is 10. The van der Waals surface area contributed by atoms with E-state index in [4.69, 9.17) is 9.47 Å². The molecule has 760 valence electrons. The molecule has 11 aromatic carbocycles. The van der Waals surface area contributed by atoms with Crippen LogP contribution in [0.25, 0.3) is 11.1 Å². The summed E-state index contributed by atoms with van der Waals surface area (Å²) in [5.41, 5.74) is 19.3. The van der Waals surface area contributed by atoms with Crippen LogP contribution < -0.4 is 9.47 Å². The zero-order chi connectivity index (χ0) is 107. The van der Waals surface area contributed by atoms with Crippen molar-refractivity contribution in [3.8, 4) is 22.6 Å². The molecule has 11 aromatic rings. The molecule has 139 heavy (non-hydrogen) atoms. The second kappa shape index (κ2) is 58.1. The topological polar surface area (TPSA) is 130 Å². The van der Waals surface area contributed by atoms with Gasteiger partial charge >= 0.3 is 12.4 Å². The molecule has 0 unspecified atom stereocenters. The Labute approximate surface area is 838 Å². The van der Waals surface area contributed by atoms with E-state index in [2.05, 4.69) is 254 Å². The molecule has 17 heteroatoms. The summed E-state index contributed by atoms with van der Waals surface area (Å²) in [5, 5.41) is 0. The Morgan fingerprint density at radius 1 is 0.331 bits per heavy atom. The molecule has 0 saturated heterocycles. The van der Waals surface area contributed by atoms with E-state index in [9.17, 15) is 53.9 Å². The van der Waals surface area contributed by atoms with Crippen molar-refractivity contribution in [2.24, 2.45) is 16.2 Å². The van der Waals surface area contributed by atoms with Crippen LogP contribution >= 0.6 is 11.8 Å². The summed E-state index contributed by atoms with van der Waals surface area (Å²) < 4.78 is 103. The molecule has 0 heterocycles. The van der Waals surface area contributed by atoms with Gasteiger partial charge in [0, 0.05) is 76.7 Å². The minimum atomic E-state index is -5.24. The highest BCUT2D eigenvalue weighted by Crippen LogP contribution is 2.50. The van der Waals surface area contributed by atoms with Gasteiger partial charge in [0.15, 0.2) is 28.5 Å². The third kappa shape index (κ3) is 47.6. The molecule has 0 spiro atoms. The number of rotatable bonds is 10. The number of thioether (sulfide) groups is 1. The first-order valence-electron chi connectivity index (χ1n) is 47.4. The van der Waals surface area contributed by atoms with Crippen molar-refractivity contribution >= 4 is 44.7 Å². The third-order valence-corrected chi connectivity index (χ3v) is 21.7. The van der Waals surface area contributed by atoms with E-state index in [0.717, 1.165) is 46.3 Å². The number of aryl methyl sites for hydroxylation is 4. The molecule has 0 bridgehead atoms. The standard InChI is InChI=1S/2C22H18O2.C15H14.2C14H22.C8H10O2.C8H16.C5H6F6.C5H12.C3H8.C2H6O2S.C2H6O.C2H6S/c1-15-3-7-17(8-4-15)21(23)19-11-13-20(14-12-19)22(24)18-9-5-16(2)6-10-18;1-15-6-10-17(11-7-15)21(23)19-4-3-5-20(14-19)22(24)18-12-8-16(2)9-13-18;1-15(2)13-9-5-3-7-11(13)12-8-4-6-10-14(12)15;1-13(2,3)11-7-9-12(10-8-11)14(4,5)6;1-13(2,3)11-8-7-9-12(10-11)14(4,5)6;1-9-7-3-5-8(10-2)6-4-7;1-8(2)6-4-3-5-7-8;1-3(2,4(6,7)8)5(9,10)11;1-5(2,3)4;1-3-2;1-5(2,3)4;2*1-3-2/h2*3-14H,1-2H3;3-10H,1-2H3;2*7-10H,1-6H3;3-6H,1-2H3;3-7H2,1-2H3;1-2H3;1-4H3;3H2,1-2H3;1-2H3;2*1-2H3. The molecule has 1 saturated carbocycles. The molecule has 1 fully saturated rings. The monoisotopic (exact) mass is 1950 g/mol. The number of halogens is 6. The van der Waals surface area contributed by atoms with Gasteiger partial charge in [-0.15, -0.1) is 0 Å². The first kappa shape index (κ1) is 127. The fraction of sp³-hybridized carbons (Fsp3) is 0.426. The van der Waals surface area contributed by atoms with E-state index >= 15 is 0 Å². The summed E-state index contributed by atoms with van der Waals surface area (Å²) in [7, 11) is 3.86. The summed E-state index contributed by atoms with van der Waals surface area (Å²) in [5.74, 6) is 1.47. The van der Waals surface area contributed by atoms with Gasteiger partial charge in [-0.1, -0.05) is 437 Å². The first-order chi connectivity index (χ1) is 64.0. The van der Waals surface area contributed by atoms with E-state index in [-0.39, 0.29) is 64.1 Å². The van der Waals surface area contributed by atoms with E-state index in [1.807, 2.05) is 162 Å². The number of carbonyl (C=O) groups is 4. The minimum absolute atomic E-state index is 0.0377. The van der Waals surface area contributed by atoms with Crippen molar-refractivity contribution in [3.63, 3.8) is 0 Å². The Kier molecular flexibility index (Phi) is 52.9. The normalized spacial score (nSPS) is 12.6. The number of carbonyl (C=O) groups excluding carboxylic acids is 4. The van der Waals surface area contributed by atoms with E-state index < -0.39 is 27.6 Å². The van der Waals surface area contributed by atoms with Crippen LogP contribution in [0.4, 0.5) is 26.3 Å². The van der Waals surface area contributed by atoms with Crippen molar-refractivity contribution in [2.75, 3.05) is 53.5 Å². The molecule has 0 radical (unpaired) electrons. The molecule has 0 atom stereocenters. The summed E-state index contributed by atoms with van der Waals surface area (Å²) in [6.45, 7) is 57.6. The zero-order valence-corrected chi connectivity index (χ0v) is 92.0. The molecule has 0 aliphatic heterocycles. The number of ether oxygens (including phenoxy) is 3. The van der Waals surface area contributed by atoms with Crippen LogP contribution in [-0.2, 0) is 41.6 Å². The Balaban J connectivity index is 0.000000788. The smallest absolute Gasteiger partial charge is 0.402 e. The molecule has 13 rings (SSSR count). The number of benzene rings is 11. The predicted molar refractivity (Wildman–Crippen MR) is 580 cm³/mol. The number of sulfone groups is 1. The maximum atomic E-state index is 12.6. The summed E-state index contributed by atoms with van der Waals surface area (Å²) >= 11 is 1.75. The Morgan fingerprint density at radius 3 is 0.748 bits per heavy atom. The van der Waals surface area contributed by atoms with Crippen molar-refractivity contribution in [1.82, 2.24) is 0 Å². The number of alkyl halides is 6. The fourth-order valence-corrected chi connectivity index (χ4v) is 13.0. The second-order valence-corrected chi connectivity index (χ2v) is 45.8. The van der Waals surface area contributed by atoms with Crippen LogP contribution in [-0.4, -0.2) is 97.4 Å². The zero-order valence-electron chi connectivity index (χ0n) is 90.4. The first-order valence-corrected chi connectivity index (χ1v) is 51.3. The van der Waals surface area contributed by atoms with Gasteiger partial charge in [0.05, 0.1) is 14.2 Å². The molecule has 0 amide bonds. The highest BCUT2D eigenvalue weighted by molar-refractivity contribution is 7.97. The number of methoxy groups -OCH3 is 3. The Hall–Kier alpha value is -10.5. The van der Waals surface area contributed by atoms with E-state index in [1.54, 1.807) is 88.7 Å². The van der Waals surface area contributed by atoms with Gasteiger partial charge in [-0.25, -0.2) is 8.42 Å². The SMILES string of the molecule is CC(C)(C(F)(F)F)C(F)(F)F.CC(C)(C)C.CC(C)(C)c1ccc(C(C)(C)C)cc1.CC(C)(C)c1cccc(C(C)(C)C)c1.CC1(C)CCCCC1.CC1(C)c2ccccc2-c2ccccc21.CCC.COC.COc1ccc(OC)cc1.CS(C)(=O)=O.CSC.Cc1ccc(C(=O)c2ccc(C(=O)c3ccc(C)cc3)cc2)cc1.Cc1ccc(C(=O)c2cccc(C(=O)c3ccc(C)cc3)c2)cc1. The average molecular weight is 1950 g/mol. The van der Waals surface area contributed by atoms with Gasteiger partial charge in [0.2, 0.25) is 0 Å². The van der Waals surface area contributed by atoms with Gasteiger partial charge in [-0.3, -0.25) is 19.2 Å². The fourth-order valence-electron chi connectivity index (χ4n) is 13.0. The van der Waals surface area contributed by atoms with Crippen LogP contribution in [0.2, 0.25) is 0 Å². The largest absolute Gasteiger partial charge is 0.497 e. The van der Waals surface area contributed by atoms with Crippen LogP contribution in [0.3, 0.4) is 0 Å². The van der Waals surface area contributed by atoms with Crippen LogP contribution in [0.15, 0.2) is 267 Å². The van der Waals surface area contributed by atoms with Crippen molar-refractivity contribution in [1.29, 1.82) is 0 Å². The summed E-state index contributed by atoms with van der Waals surface area (Å²) in [6.07, 6.45) is 4.47. The summed E-state index contributed by atoms with van der Waals surface area (Å²) in [4.78, 5) is 50.1.